The van der Waals surface area contributed by atoms with E-state index < -0.39 is 10.0 Å². The quantitative estimate of drug-likeness (QED) is 0.679. The van der Waals surface area contributed by atoms with Gasteiger partial charge in [0.1, 0.15) is 16.6 Å². The molecular formula is C12H7Cl2N3O2S. The Morgan fingerprint density at radius 2 is 1.75 bits per heavy atom. The lowest BCUT2D eigenvalue weighted by molar-refractivity contribution is 0.589. The van der Waals surface area contributed by atoms with Gasteiger partial charge in [-0.15, -0.1) is 0 Å². The highest BCUT2D eigenvalue weighted by atomic mass is 35.5. The second kappa shape index (κ2) is 4.73. The molecule has 0 amide bonds. The minimum Gasteiger partial charge on any atom is -0.224 e. The molecule has 0 unspecified atom stereocenters. The maximum Gasteiger partial charge on any atom is 0.270 e. The van der Waals surface area contributed by atoms with Crippen molar-refractivity contribution >= 4 is 44.3 Å². The highest BCUT2D eigenvalue weighted by molar-refractivity contribution is 7.90. The van der Waals surface area contributed by atoms with E-state index in [4.69, 9.17) is 23.2 Å². The molecule has 3 rings (SSSR count). The predicted molar refractivity (Wildman–Crippen MR) is 76.6 cm³/mol. The van der Waals surface area contributed by atoms with Gasteiger partial charge >= 0.3 is 0 Å². The Hall–Kier alpha value is -1.63. The molecule has 0 atom stereocenters. The molecule has 0 aliphatic heterocycles. The molecule has 0 radical (unpaired) electrons. The Morgan fingerprint density at radius 3 is 2.45 bits per heavy atom. The molecule has 2 heterocycles. The fourth-order valence-electron chi connectivity index (χ4n) is 1.86. The fraction of sp³-hybridized carbons (Fsp3) is 0. The number of hydrogen-bond acceptors (Lipinski definition) is 4. The molecule has 8 heteroatoms. The van der Waals surface area contributed by atoms with E-state index in [2.05, 4.69) is 9.97 Å². The maximum absolute atomic E-state index is 12.6. The SMILES string of the molecule is O=S(=O)(c1ccccc1)n1c(Cl)cc2c(Cl)ncnc21. The smallest absolute Gasteiger partial charge is 0.224 e. The third-order valence-corrected chi connectivity index (χ3v) is 5.14. The van der Waals surface area contributed by atoms with Gasteiger partial charge in [-0.2, -0.15) is 0 Å². The van der Waals surface area contributed by atoms with Gasteiger partial charge in [0.15, 0.2) is 5.65 Å². The Morgan fingerprint density at radius 1 is 1.05 bits per heavy atom. The van der Waals surface area contributed by atoms with Crippen LogP contribution in [-0.2, 0) is 10.0 Å². The first-order valence-electron chi connectivity index (χ1n) is 5.50. The number of nitrogens with zero attached hydrogens (tertiary/aromatic N) is 3. The lowest BCUT2D eigenvalue weighted by Gasteiger charge is -2.07. The summed E-state index contributed by atoms with van der Waals surface area (Å²) in [7, 11) is -3.83. The monoisotopic (exact) mass is 327 g/mol. The van der Waals surface area contributed by atoms with Gasteiger partial charge in [0.25, 0.3) is 10.0 Å². The van der Waals surface area contributed by atoms with Gasteiger partial charge in [-0.3, -0.25) is 0 Å². The summed E-state index contributed by atoms with van der Waals surface area (Å²) in [4.78, 5) is 7.88. The number of hydrogen-bond donors (Lipinski definition) is 0. The molecule has 0 saturated heterocycles. The normalized spacial score (nSPS) is 11.9. The summed E-state index contributed by atoms with van der Waals surface area (Å²) in [5.74, 6) is 0. The van der Waals surface area contributed by atoms with Crippen molar-refractivity contribution in [1.82, 2.24) is 13.9 Å². The maximum atomic E-state index is 12.6. The van der Waals surface area contributed by atoms with Crippen molar-refractivity contribution in [2.45, 2.75) is 4.90 Å². The Labute approximate surface area is 124 Å². The molecule has 0 N–H and O–H groups in total. The van der Waals surface area contributed by atoms with Crippen LogP contribution < -0.4 is 0 Å². The van der Waals surface area contributed by atoms with Crippen LogP contribution in [0.4, 0.5) is 0 Å². The summed E-state index contributed by atoms with van der Waals surface area (Å²) in [6.07, 6.45) is 1.19. The molecule has 2 aromatic heterocycles. The molecular weight excluding hydrogens is 321 g/mol. The van der Waals surface area contributed by atoms with Crippen LogP contribution in [0, 0.1) is 0 Å². The van der Waals surface area contributed by atoms with Crippen LogP contribution in [-0.4, -0.2) is 22.4 Å². The average molecular weight is 328 g/mol. The lowest BCUT2D eigenvalue weighted by Crippen LogP contribution is -2.13. The number of rotatable bonds is 2. The van der Waals surface area contributed by atoms with E-state index in [1.807, 2.05) is 0 Å². The van der Waals surface area contributed by atoms with E-state index in [0.717, 1.165) is 3.97 Å². The first kappa shape index (κ1) is 13.4. The minimum atomic E-state index is -3.83. The average Bonchev–Trinajstić information content (AvgIpc) is 2.78. The van der Waals surface area contributed by atoms with E-state index >= 15 is 0 Å². The van der Waals surface area contributed by atoms with Gasteiger partial charge < -0.3 is 0 Å². The molecule has 0 bridgehead atoms. The molecule has 0 aliphatic carbocycles. The largest absolute Gasteiger partial charge is 0.270 e. The number of fused-ring (bicyclic) bond motifs is 1. The van der Waals surface area contributed by atoms with Crippen LogP contribution in [0.3, 0.4) is 0 Å². The predicted octanol–water partition coefficient (Wildman–Crippen LogP) is 2.98. The van der Waals surface area contributed by atoms with Crippen LogP contribution in [0.5, 0.6) is 0 Å². The van der Waals surface area contributed by atoms with Gasteiger partial charge in [-0.25, -0.2) is 22.4 Å². The van der Waals surface area contributed by atoms with Crippen molar-refractivity contribution in [1.29, 1.82) is 0 Å². The highest BCUT2D eigenvalue weighted by Gasteiger charge is 2.24. The van der Waals surface area contributed by atoms with Gasteiger partial charge in [0, 0.05) is 0 Å². The molecule has 20 heavy (non-hydrogen) atoms. The lowest BCUT2D eigenvalue weighted by atomic mass is 10.4. The third kappa shape index (κ3) is 1.96. The van der Waals surface area contributed by atoms with E-state index in [-0.39, 0.29) is 20.8 Å². The van der Waals surface area contributed by atoms with Crippen LogP contribution in [0.1, 0.15) is 0 Å². The third-order valence-electron chi connectivity index (χ3n) is 2.75. The van der Waals surface area contributed by atoms with E-state index in [9.17, 15) is 8.42 Å². The fourth-order valence-corrected chi connectivity index (χ4v) is 3.87. The standard InChI is InChI=1S/C12H7Cl2N3O2S/c13-10-6-9-11(14)15-7-16-12(9)17(10)20(18,19)8-4-2-1-3-5-8/h1-7H. The van der Waals surface area contributed by atoms with Gasteiger partial charge in [0.2, 0.25) is 0 Å². The van der Waals surface area contributed by atoms with Crippen molar-refractivity contribution < 1.29 is 8.42 Å². The molecule has 5 nitrogen and oxygen atoms in total. The summed E-state index contributed by atoms with van der Waals surface area (Å²) < 4.78 is 26.2. The molecule has 0 spiro atoms. The Balaban J connectivity index is 2.36. The van der Waals surface area contributed by atoms with Crippen molar-refractivity contribution in [2.24, 2.45) is 0 Å². The van der Waals surface area contributed by atoms with Crippen molar-refractivity contribution in [3.63, 3.8) is 0 Å². The summed E-state index contributed by atoms with van der Waals surface area (Å²) in [6, 6.07) is 9.40. The second-order valence-corrected chi connectivity index (χ2v) is 6.48. The molecule has 3 aromatic rings. The molecule has 0 saturated carbocycles. The van der Waals surface area contributed by atoms with E-state index in [0.29, 0.717) is 5.39 Å². The molecule has 102 valence electrons. The summed E-state index contributed by atoms with van der Waals surface area (Å²) in [5, 5.41) is 0.545. The van der Waals surface area contributed by atoms with Gasteiger partial charge in [-0.1, -0.05) is 41.4 Å². The summed E-state index contributed by atoms with van der Waals surface area (Å²) >= 11 is 12.0. The first-order chi connectivity index (χ1) is 9.51. The van der Waals surface area contributed by atoms with E-state index in [1.54, 1.807) is 18.2 Å². The van der Waals surface area contributed by atoms with Gasteiger partial charge in [-0.05, 0) is 18.2 Å². The zero-order valence-electron chi connectivity index (χ0n) is 9.86. The minimum absolute atomic E-state index is 0.00579. The topological polar surface area (TPSA) is 64.8 Å². The second-order valence-electron chi connectivity index (χ2n) is 3.95. The van der Waals surface area contributed by atoms with Crippen LogP contribution in [0.25, 0.3) is 11.0 Å². The van der Waals surface area contributed by atoms with Crippen molar-refractivity contribution in [3.8, 4) is 0 Å². The molecule has 1 aromatic carbocycles. The van der Waals surface area contributed by atoms with Crippen molar-refractivity contribution in [2.75, 3.05) is 0 Å². The molecule has 0 fully saturated rings. The zero-order chi connectivity index (χ0) is 14.3. The number of benzene rings is 1. The first-order valence-corrected chi connectivity index (χ1v) is 7.69. The highest BCUT2D eigenvalue weighted by Crippen LogP contribution is 2.30. The Kier molecular flexibility index (Phi) is 3.16. The van der Waals surface area contributed by atoms with Gasteiger partial charge in [0.05, 0.1) is 10.3 Å². The number of aromatic nitrogens is 3. The van der Waals surface area contributed by atoms with Crippen molar-refractivity contribution in [3.05, 3.63) is 53.0 Å². The van der Waals surface area contributed by atoms with E-state index in [1.165, 1.54) is 24.5 Å². The summed E-state index contributed by atoms with van der Waals surface area (Å²) in [5.41, 5.74) is 0.152. The van der Waals surface area contributed by atoms with Crippen LogP contribution >= 0.6 is 23.2 Å². The number of halogens is 2. The van der Waals surface area contributed by atoms with Crippen LogP contribution in [0.15, 0.2) is 47.6 Å². The molecule has 0 aliphatic rings. The zero-order valence-corrected chi connectivity index (χ0v) is 12.2. The summed E-state index contributed by atoms with van der Waals surface area (Å²) in [6.45, 7) is 0. The Bertz CT molecular complexity index is 892. The van der Waals surface area contributed by atoms with Crippen LogP contribution in [0.2, 0.25) is 10.3 Å².